The lowest BCUT2D eigenvalue weighted by Crippen LogP contribution is -2.41. The first-order valence-corrected chi connectivity index (χ1v) is 5.42. The number of hydrogen-bond acceptors (Lipinski definition) is 4. The molecule has 0 spiro atoms. The topological polar surface area (TPSA) is 84.6 Å². The van der Waals surface area contributed by atoms with E-state index in [1.807, 2.05) is 0 Å². The standard InChI is InChI=1S/C11H15ClN2O3/c1-17-6-7(5-15)14-11(16)10-8(12)3-2-4-9(10)13/h2-4,7,15H,5-6,13H2,1H3,(H,14,16). The molecular formula is C11H15ClN2O3. The van der Waals surface area contributed by atoms with E-state index in [0.717, 1.165) is 0 Å². The predicted octanol–water partition coefficient (Wildman–Crippen LogP) is 0.659. The molecule has 0 aliphatic rings. The van der Waals surface area contributed by atoms with Crippen LogP contribution in [0.2, 0.25) is 5.02 Å². The van der Waals surface area contributed by atoms with E-state index in [1.165, 1.54) is 7.11 Å². The second-order valence-corrected chi connectivity index (χ2v) is 3.92. The number of carbonyl (C=O) groups is 1. The summed E-state index contributed by atoms with van der Waals surface area (Å²) in [5.74, 6) is -0.427. The van der Waals surface area contributed by atoms with Crippen molar-refractivity contribution in [3.05, 3.63) is 28.8 Å². The highest BCUT2D eigenvalue weighted by Gasteiger charge is 2.17. The van der Waals surface area contributed by atoms with Gasteiger partial charge in [-0.1, -0.05) is 17.7 Å². The number of ether oxygens (including phenoxy) is 1. The molecule has 5 nitrogen and oxygen atoms in total. The van der Waals surface area contributed by atoms with Gasteiger partial charge in [-0.3, -0.25) is 4.79 Å². The fourth-order valence-corrected chi connectivity index (χ4v) is 1.65. The van der Waals surface area contributed by atoms with Gasteiger partial charge >= 0.3 is 0 Å². The second-order valence-electron chi connectivity index (χ2n) is 3.51. The zero-order valence-corrected chi connectivity index (χ0v) is 10.2. The van der Waals surface area contributed by atoms with E-state index in [2.05, 4.69) is 5.32 Å². The van der Waals surface area contributed by atoms with Crippen LogP contribution in [0.15, 0.2) is 18.2 Å². The highest BCUT2D eigenvalue weighted by atomic mass is 35.5. The summed E-state index contributed by atoms with van der Waals surface area (Å²) in [6.07, 6.45) is 0. The van der Waals surface area contributed by atoms with Crippen LogP contribution in [-0.4, -0.2) is 37.4 Å². The van der Waals surface area contributed by atoms with Crippen molar-refractivity contribution in [2.75, 3.05) is 26.1 Å². The molecule has 0 saturated carbocycles. The summed E-state index contributed by atoms with van der Waals surface area (Å²) in [6.45, 7) is -0.00344. The Hall–Kier alpha value is -1.30. The van der Waals surface area contributed by atoms with Crippen molar-refractivity contribution >= 4 is 23.2 Å². The van der Waals surface area contributed by atoms with Gasteiger partial charge in [0.05, 0.1) is 29.8 Å². The molecule has 1 amide bonds. The normalized spacial score (nSPS) is 12.2. The molecule has 1 aromatic carbocycles. The van der Waals surface area contributed by atoms with Crippen LogP contribution >= 0.6 is 11.6 Å². The number of rotatable bonds is 5. The average molecular weight is 259 g/mol. The van der Waals surface area contributed by atoms with Gasteiger partial charge in [0, 0.05) is 12.8 Å². The molecule has 0 aliphatic carbocycles. The summed E-state index contributed by atoms with van der Waals surface area (Å²) in [7, 11) is 1.48. The molecule has 0 heterocycles. The van der Waals surface area contributed by atoms with Crippen LogP contribution in [0.5, 0.6) is 0 Å². The molecule has 0 aromatic heterocycles. The second kappa shape index (κ2) is 6.44. The minimum atomic E-state index is -0.483. The van der Waals surface area contributed by atoms with Crippen molar-refractivity contribution in [1.29, 1.82) is 0 Å². The Morgan fingerprint density at radius 1 is 1.65 bits per heavy atom. The van der Waals surface area contributed by atoms with E-state index >= 15 is 0 Å². The van der Waals surface area contributed by atoms with Crippen LogP contribution < -0.4 is 11.1 Å². The Morgan fingerprint density at radius 2 is 2.35 bits per heavy atom. The largest absolute Gasteiger partial charge is 0.398 e. The van der Waals surface area contributed by atoms with Crippen LogP contribution in [0.1, 0.15) is 10.4 Å². The van der Waals surface area contributed by atoms with E-state index in [1.54, 1.807) is 18.2 Å². The lowest BCUT2D eigenvalue weighted by atomic mass is 10.1. The van der Waals surface area contributed by atoms with Gasteiger partial charge in [-0.15, -0.1) is 0 Å². The summed E-state index contributed by atoms with van der Waals surface area (Å²) in [5.41, 5.74) is 6.18. The van der Waals surface area contributed by atoms with E-state index < -0.39 is 11.9 Å². The number of halogens is 1. The van der Waals surface area contributed by atoms with Crippen molar-refractivity contribution < 1.29 is 14.6 Å². The molecule has 17 heavy (non-hydrogen) atoms. The number of nitrogens with one attached hydrogen (secondary N) is 1. The van der Waals surface area contributed by atoms with E-state index in [4.69, 9.17) is 27.2 Å². The summed E-state index contributed by atoms with van der Waals surface area (Å²) in [4.78, 5) is 11.9. The monoisotopic (exact) mass is 258 g/mol. The summed E-state index contributed by atoms with van der Waals surface area (Å²) in [6, 6.07) is 4.35. The van der Waals surface area contributed by atoms with Gasteiger partial charge in [-0.25, -0.2) is 0 Å². The molecule has 94 valence electrons. The number of aliphatic hydroxyl groups is 1. The lowest BCUT2D eigenvalue weighted by molar-refractivity contribution is 0.0840. The number of hydrogen-bond donors (Lipinski definition) is 3. The van der Waals surface area contributed by atoms with E-state index in [-0.39, 0.29) is 23.8 Å². The first-order chi connectivity index (χ1) is 8.10. The number of aliphatic hydroxyl groups excluding tert-OH is 1. The van der Waals surface area contributed by atoms with Gasteiger partial charge in [0.15, 0.2) is 0 Å². The number of benzene rings is 1. The van der Waals surface area contributed by atoms with Gasteiger partial charge in [-0.05, 0) is 12.1 Å². The molecule has 0 saturated heterocycles. The highest BCUT2D eigenvalue weighted by molar-refractivity contribution is 6.34. The van der Waals surface area contributed by atoms with Gasteiger partial charge < -0.3 is 20.9 Å². The molecule has 1 aromatic rings. The SMILES string of the molecule is COCC(CO)NC(=O)c1c(N)cccc1Cl. The minimum Gasteiger partial charge on any atom is -0.398 e. The Labute approximate surface area is 105 Å². The van der Waals surface area contributed by atoms with Gasteiger partial charge in [0.2, 0.25) is 0 Å². The van der Waals surface area contributed by atoms with Crippen LogP contribution in [0.3, 0.4) is 0 Å². The maximum Gasteiger partial charge on any atom is 0.255 e. The number of methoxy groups -OCH3 is 1. The maximum atomic E-state index is 11.9. The predicted molar refractivity (Wildman–Crippen MR) is 66.1 cm³/mol. The van der Waals surface area contributed by atoms with Crippen molar-refractivity contribution in [3.8, 4) is 0 Å². The summed E-state index contributed by atoms with van der Waals surface area (Å²) < 4.78 is 4.85. The first kappa shape index (κ1) is 13.8. The lowest BCUT2D eigenvalue weighted by Gasteiger charge is -2.16. The smallest absolute Gasteiger partial charge is 0.255 e. The quantitative estimate of drug-likeness (QED) is 0.678. The first-order valence-electron chi connectivity index (χ1n) is 5.04. The third kappa shape index (κ3) is 3.59. The molecular weight excluding hydrogens is 244 g/mol. The van der Waals surface area contributed by atoms with Crippen molar-refractivity contribution in [2.24, 2.45) is 0 Å². The van der Waals surface area contributed by atoms with Crippen LogP contribution in [-0.2, 0) is 4.74 Å². The number of nitrogens with two attached hydrogens (primary N) is 1. The van der Waals surface area contributed by atoms with E-state index in [0.29, 0.717) is 5.69 Å². The van der Waals surface area contributed by atoms with Crippen molar-refractivity contribution in [1.82, 2.24) is 5.32 Å². The molecule has 0 aliphatic heterocycles. The Bertz CT molecular complexity index is 378. The molecule has 0 bridgehead atoms. The molecule has 0 fully saturated rings. The Balaban J connectivity index is 2.82. The van der Waals surface area contributed by atoms with Crippen molar-refractivity contribution in [2.45, 2.75) is 6.04 Å². The Kier molecular flexibility index (Phi) is 5.21. The number of anilines is 1. The summed E-state index contributed by atoms with van der Waals surface area (Å²) >= 11 is 5.89. The molecule has 1 atom stereocenters. The molecule has 0 radical (unpaired) electrons. The van der Waals surface area contributed by atoms with Crippen LogP contribution in [0.25, 0.3) is 0 Å². The number of nitrogen functional groups attached to an aromatic ring is 1. The van der Waals surface area contributed by atoms with Gasteiger partial charge in [-0.2, -0.15) is 0 Å². The molecule has 4 N–H and O–H groups in total. The van der Waals surface area contributed by atoms with E-state index in [9.17, 15) is 4.79 Å². The fourth-order valence-electron chi connectivity index (χ4n) is 1.38. The third-order valence-corrected chi connectivity index (χ3v) is 2.51. The molecule has 1 rings (SSSR count). The summed E-state index contributed by atoms with van der Waals surface area (Å²) in [5, 5.41) is 11.9. The number of carbonyl (C=O) groups excluding carboxylic acids is 1. The zero-order chi connectivity index (χ0) is 12.8. The maximum absolute atomic E-state index is 11.9. The Morgan fingerprint density at radius 3 is 2.88 bits per heavy atom. The molecule has 6 heteroatoms. The average Bonchev–Trinajstić information content (AvgIpc) is 2.28. The van der Waals surface area contributed by atoms with Crippen LogP contribution in [0.4, 0.5) is 5.69 Å². The van der Waals surface area contributed by atoms with Gasteiger partial charge in [0.25, 0.3) is 5.91 Å². The number of amides is 1. The fraction of sp³-hybridized carbons (Fsp3) is 0.364. The molecule has 1 unspecified atom stereocenters. The third-order valence-electron chi connectivity index (χ3n) is 2.20. The van der Waals surface area contributed by atoms with Crippen molar-refractivity contribution in [3.63, 3.8) is 0 Å². The highest BCUT2D eigenvalue weighted by Crippen LogP contribution is 2.21. The van der Waals surface area contributed by atoms with Gasteiger partial charge in [0.1, 0.15) is 0 Å². The zero-order valence-electron chi connectivity index (χ0n) is 9.44. The van der Waals surface area contributed by atoms with Crippen LogP contribution in [0, 0.1) is 0 Å². The minimum absolute atomic E-state index is 0.212.